The molecular formula is C22H30N2O3. The maximum absolute atomic E-state index is 10.4. The number of aliphatic hydroxyl groups excluding tert-OH is 1. The van der Waals surface area contributed by atoms with E-state index in [0.717, 1.165) is 48.8 Å². The smallest absolute Gasteiger partial charge is 0.125 e. The van der Waals surface area contributed by atoms with Crippen LogP contribution >= 0.6 is 0 Å². The lowest BCUT2D eigenvalue weighted by Gasteiger charge is -2.37. The van der Waals surface area contributed by atoms with Gasteiger partial charge in [-0.05, 0) is 49.2 Å². The number of β-amino-alcohol motifs (C(OH)–C–C–N with tert-alkyl or cyclic N) is 1. The number of nitrogens with zero attached hydrogens (tertiary/aromatic N) is 2. The molecule has 1 atom stereocenters. The zero-order valence-corrected chi connectivity index (χ0v) is 16.5. The first-order valence-electron chi connectivity index (χ1n) is 9.55. The van der Waals surface area contributed by atoms with Crippen molar-refractivity contribution in [2.75, 3.05) is 51.3 Å². The second kappa shape index (κ2) is 9.11. The van der Waals surface area contributed by atoms with E-state index in [-0.39, 0.29) is 0 Å². The number of aliphatic hydroxyl groups is 1. The molecule has 1 heterocycles. The van der Waals surface area contributed by atoms with Crippen molar-refractivity contribution < 1.29 is 14.6 Å². The predicted octanol–water partition coefficient (Wildman–Crippen LogP) is 2.87. The largest absolute Gasteiger partial charge is 0.497 e. The van der Waals surface area contributed by atoms with Crippen molar-refractivity contribution in [2.45, 2.75) is 20.0 Å². The van der Waals surface area contributed by atoms with Crippen LogP contribution in [0, 0.1) is 13.8 Å². The van der Waals surface area contributed by atoms with Crippen LogP contribution in [0.4, 0.5) is 5.69 Å². The Bertz CT molecular complexity index is 705. The molecule has 2 aromatic carbocycles. The Kier molecular flexibility index (Phi) is 6.58. The molecule has 0 amide bonds. The molecule has 0 aliphatic carbocycles. The predicted molar refractivity (Wildman–Crippen MR) is 109 cm³/mol. The lowest BCUT2D eigenvalue weighted by molar-refractivity contribution is 0.0658. The van der Waals surface area contributed by atoms with Crippen LogP contribution in [0.2, 0.25) is 0 Å². The summed E-state index contributed by atoms with van der Waals surface area (Å²) in [6.45, 7) is 8.82. The van der Waals surface area contributed by atoms with E-state index < -0.39 is 6.10 Å². The molecule has 0 saturated carbocycles. The van der Waals surface area contributed by atoms with Gasteiger partial charge in [-0.15, -0.1) is 0 Å². The molecule has 0 radical (unpaired) electrons. The van der Waals surface area contributed by atoms with Crippen molar-refractivity contribution in [3.63, 3.8) is 0 Å². The van der Waals surface area contributed by atoms with Gasteiger partial charge in [0, 0.05) is 38.4 Å². The van der Waals surface area contributed by atoms with Gasteiger partial charge in [0.05, 0.1) is 7.11 Å². The van der Waals surface area contributed by atoms with Gasteiger partial charge in [0.2, 0.25) is 0 Å². The Labute approximate surface area is 162 Å². The molecule has 5 nitrogen and oxygen atoms in total. The van der Waals surface area contributed by atoms with Crippen LogP contribution in [-0.4, -0.2) is 62.6 Å². The third-order valence-corrected chi connectivity index (χ3v) is 5.11. The number of benzene rings is 2. The molecule has 0 aromatic heterocycles. The van der Waals surface area contributed by atoms with Gasteiger partial charge < -0.3 is 19.5 Å². The van der Waals surface area contributed by atoms with E-state index in [1.165, 1.54) is 5.69 Å². The van der Waals surface area contributed by atoms with E-state index in [4.69, 9.17) is 9.47 Å². The maximum Gasteiger partial charge on any atom is 0.125 e. The van der Waals surface area contributed by atoms with E-state index in [2.05, 4.69) is 21.9 Å². The highest BCUT2D eigenvalue weighted by Crippen LogP contribution is 2.23. The summed E-state index contributed by atoms with van der Waals surface area (Å²) in [7, 11) is 1.68. The number of anilines is 1. The molecule has 1 aliphatic heterocycles. The minimum Gasteiger partial charge on any atom is -0.497 e. The van der Waals surface area contributed by atoms with Crippen LogP contribution in [0.5, 0.6) is 11.5 Å². The molecule has 146 valence electrons. The Hall–Kier alpha value is -2.24. The molecule has 0 unspecified atom stereocenters. The quantitative estimate of drug-likeness (QED) is 0.812. The van der Waals surface area contributed by atoms with Crippen molar-refractivity contribution in [1.82, 2.24) is 4.90 Å². The highest BCUT2D eigenvalue weighted by molar-refractivity contribution is 5.49. The van der Waals surface area contributed by atoms with E-state index in [0.29, 0.717) is 13.2 Å². The average molecular weight is 370 g/mol. The number of hydrogen-bond acceptors (Lipinski definition) is 5. The summed E-state index contributed by atoms with van der Waals surface area (Å²) in [5.74, 6) is 1.77. The third-order valence-electron chi connectivity index (χ3n) is 5.11. The number of para-hydroxylation sites is 1. The standard InChI is InChI=1S/C22H30N2O3/c1-17-5-4-6-18(2)22(17)27-16-20(25)15-23-11-13-24(14-12-23)19-7-9-21(26-3)10-8-19/h4-10,20,25H,11-16H2,1-3H3/t20-/m1/s1. The minimum absolute atomic E-state index is 0.324. The fourth-order valence-corrected chi connectivity index (χ4v) is 3.54. The Morgan fingerprint density at radius 3 is 2.19 bits per heavy atom. The zero-order chi connectivity index (χ0) is 19.2. The van der Waals surface area contributed by atoms with Crippen LogP contribution in [-0.2, 0) is 0 Å². The number of hydrogen-bond donors (Lipinski definition) is 1. The fraction of sp³-hybridized carbons (Fsp3) is 0.455. The normalized spacial score (nSPS) is 16.2. The molecule has 27 heavy (non-hydrogen) atoms. The second-order valence-corrected chi connectivity index (χ2v) is 7.17. The molecule has 1 fully saturated rings. The monoisotopic (exact) mass is 370 g/mol. The van der Waals surface area contributed by atoms with Gasteiger partial charge in [-0.3, -0.25) is 4.90 Å². The first kappa shape index (κ1) is 19.5. The molecule has 1 N–H and O–H groups in total. The number of ether oxygens (including phenoxy) is 2. The van der Waals surface area contributed by atoms with Crippen LogP contribution in [0.15, 0.2) is 42.5 Å². The summed E-state index contributed by atoms with van der Waals surface area (Å²) in [6.07, 6.45) is -0.489. The van der Waals surface area contributed by atoms with Gasteiger partial charge in [-0.25, -0.2) is 0 Å². The lowest BCUT2D eigenvalue weighted by atomic mass is 10.1. The van der Waals surface area contributed by atoms with Crippen molar-refractivity contribution in [3.8, 4) is 11.5 Å². The summed E-state index contributed by atoms with van der Waals surface area (Å²) in [6, 6.07) is 14.3. The van der Waals surface area contributed by atoms with Gasteiger partial charge in [-0.2, -0.15) is 0 Å². The average Bonchev–Trinajstić information content (AvgIpc) is 2.68. The first-order valence-corrected chi connectivity index (χ1v) is 9.55. The van der Waals surface area contributed by atoms with Crippen LogP contribution in [0.1, 0.15) is 11.1 Å². The molecule has 1 aliphatic rings. The van der Waals surface area contributed by atoms with Crippen molar-refractivity contribution in [1.29, 1.82) is 0 Å². The van der Waals surface area contributed by atoms with Crippen molar-refractivity contribution in [3.05, 3.63) is 53.6 Å². The molecule has 0 bridgehead atoms. The van der Waals surface area contributed by atoms with Gasteiger partial charge in [0.15, 0.2) is 0 Å². The highest BCUT2D eigenvalue weighted by Gasteiger charge is 2.20. The van der Waals surface area contributed by atoms with Crippen molar-refractivity contribution in [2.24, 2.45) is 0 Å². The topological polar surface area (TPSA) is 45.2 Å². The van der Waals surface area contributed by atoms with Crippen LogP contribution in [0.3, 0.4) is 0 Å². The minimum atomic E-state index is -0.489. The van der Waals surface area contributed by atoms with Crippen molar-refractivity contribution >= 4 is 5.69 Å². The molecule has 2 aromatic rings. The van der Waals surface area contributed by atoms with E-state index in [1.54, 1.807) is 7.11 Å². The van der Waals surface area contributed by atoms with Crippen LogP contribution in [0.25, 0.3) is 0 Å². The number of rotatable bonds is 7. The summed E-state index contributed by atoms with van der Waals surface area (Å²) in [5, 5.41) is 10.4. The van der Waals surface area contributed by atoms with Gasteiger partial charge in [0.25, 0.3) is 0 Å². The van der Waals surface area contributed by atoms with E-state index in [1.807, 2.05) is 44.2 Å². The van der Waals surface area contributed by atoms with Gasteiger partial charge in [-0.1, -0.05) is 18.2 Å². The number of aryl methyl sites for hydroxylation is 2. The summed E-state index contributed by atoms with van der Waals surface area (Å²) < 4.78 is 11.1. The summed E-state index contributed by atoms with van der Waals surface area (Å²) in [4.78, 5) is 4.67. The Morgan fingerprint density at radius 2 is 1.59 bits per heavy atom. The molecule has 1 saturated heterocycles. The zero-order valence-electron chi connectivity index (χ0n) is 16.5. The Morgan fingerprint density at radius 1 is 0.963 bits per heavy atom. The van der Waals surface area contributed by atoms with Crippen LogP contribution < -0.4 is 14.4 Å². The Balaban J connectivity index is 1.44. The second-order valence-electron chi connectivity index (χ2n) is 7.17. The molecule has 0 spiro atoms. The van der Waals surface area contributed by atoms with E-state index in [9.17, 15) is 5.11 Å². The highest BCUT2D eigenvalue weighted by atomic mass is 16.5. The molecule has 5 heteroatoms. The first-order chi connectivity index (χ1) is 13.1. The summed E-state index contributed by atoms with van der Waals surface area (Å²) in [5.41, 5.74) is 3.43. The lowest BCUT2D eigenvalue weighted by Crippen LogP contribution is -2.49. The van der Waals surface area contributed by atoms with Gasteiger partial charge >= 0.3 is 0 Å². The maximum atomic E-state index is 10.4. The summed E-state index contributed by atoms with van der Waals surface area (Å²) >= 11 is 0. The SMILES string of the molecule is COc1ccc(N2CCN(C[C@@H](O)COc3c(C)cccc3C)CC2)cc1. The fourth-order valence-electron chi connectivity index (χ4n) is 3.54. The number of methoxy groups -OCH3 is 1. The molecule has 3 rings (SSSR count). The number of piperazine rings is 1. The third kappa shape index (κ3) is 5.15. The van der Waals surface area contributed by atoms with Gasteiger partial charge in [0.1, 0.15) is 24.2 Å². The molecular weight excluding hydrogens is 340 g/mol. The van der Waals surface area contributed by atoms with E-state index >= 15 is 0 Å².